The van der Waals surface area contributed by atoms with Gasteiger partial charge in [0.25, 0.3) is 0 Å². The second-order valence-electron chi connectivity index (χ2n) is 4.95. The van der Waals surface area contributed by atoms with Gasteiger partial charge in [-0.2, -0.15) is 0 Å². The van der Waals surface area contributed by atoms with Gasteiger partial charge in [-0.15, -0.1) is 11.3 Å². The van der Waals surface area contributed by atoms with Crippen LogP contribution in [0.1, 0.15) is 12.8 Å². The van der Waals surface area contributed by atoms with Crippen LogP contribution in [0, 0.1) is 0 Å². The van der Waals surface area contributed by atoms with Crippen LogP contribution < -0.4 is 10.6 Å². The van der Waals surface area contributed by atoms with Crippen LogP contribution in [0.5, 0.6) is 0 Å². The van der Waals surface area contributed by atoms with Gasteiger partial charge in [0.15, 0.2) is 0 Å². The standard InChI is InChI=1S/C13H18N4OS/c1-18-8-13(4-2-5-17-13)7-14-12-11-10(3-6-19-11)15-9-16-12/h3,6,9,17H,2,4-5,7-8H2,1H3,(H,14,15,16). The SMILES string of the molecule is COCC1(CNc2ncnc3ccsc23)CCCN1. The van der Waals surface area contributed by atoms with Crippen molar-refractivity contribution in [2.75, 3.05) is 32.1 Å². The van der Waals surface area contributed by atoms with Gasteiger partial charge in [0, 0.05) is 13.7 Å². The third-order valence-electron chi connectivity index (χ3n) is 3.59. The topological polar surface area (TPSA) is 59.1 Å². The summed E-state index contributed by atoms with van der Waals surface area (Å²) in [6, 6.07) is 2.02. The molecule has 3 heterocycles. The minimum atomic E-state index is 0.0310. The highest BCUT2D eigenvalue weighted by molar-refractivity contribution is 7.17. The molecule has 6 heteroatoms. The van der Waals surface area contributed by atoms with Crippen molar-refractivity contribution in [1.29, 1.82) is 0 Å². The molecule has 0 spiro atoms. The van der Waals surface area contributed by atoms with Crippen LogP contribution in [0.25, 0.3) is 10.2 Å². The lowest BCUT2D eigenvalue weighted by molar-refractivity contribution is 0.127. The average molecular weight is 278 g/mol. The summed E-state index contributed by atoms with van der Waals surface area (Å²) >= 11 is 1.67. The minimum Gasteiger partial charge on any atom is -0.383 e. The molecule has 0 radical (unpaired) electrons. The molecule has 1 aliphatic rings. The molecule has 2 aromatic heterocycles. The van der Waals surface area contributed by atoms with Crippen molar-refractivity contribution >= 4 is 27.4 Å². The highest BCUT2D eigenvalue weighted by Crippen LogP contribution is 2.26. The van der Waals surface area contributed by atoms with Crippen LogP contribution in [0.3, 0.4) is 0 Å². The predicted molar refractivity (Wildman–Crippen MR) is 77.7 cm³/mol. The summed E-state index contributed by atoms with van der Waals surface area (Å²) in [5.74, 6) is 0.921. The molecule has 0 amide bonds. The van der Waals surface area contributed by atoms with Crippen molar-refractivity contribution in [2.45, 2.75) is 18.4 Å². The van der Waals surface area contributed by atoms with Crippen molar-refractivity contribution in [3.05, 3.63) is 17.8 Å². The van der Waals surface area contributed by atoms with Crippen LogP contribution in [-0.4, -0.2) is 42.3 Å². The maximum atomic E-state index is 5.36. The molecule has 2 N–H and O–H groups in total. The number of nitrogens with one attached hydrogen (secondary N) is 2. The van der Waals surface area contributed by atoms with Crippen LogP contribution >= 0.6 is 11.3 Å². The number of rotatable bonds is 5. The summed E-state index contributed by atoms with van der Waals surface area (Å²) in [6.45, 7) is 2.60. The average Bonchev–Trinajstić information content (AvgIpc) is 3.06. The number of anilines is 1. The summed E-state index contributed by atoms with van der Waals surface area (Å²) in [5.41, 5.74) is 1.03. The summed E-state index contributed by atoms with van der Waals surface area (Å²) in [5, 5.41) is 9.06. The molecule has 0 aliphatic carbocycles. The van der Waals surface area contributed by atoms with Crippen molar-refractivity contribution in [3.8, 4) is 0 Å². The number of hydrogen-bond acceptors (Lipinski definition) is 6. The molecule has 1 aliphatic heterocycles. The van der Waals surface area contributed by atoms with E-state index in [4.69, 9.17) is 4.74 Å². The Hall–Kier alpha value is -1.24. The molecule has 1 unspecified atom stereocenters. The summed E-state index contributed by atoms with van der Waals surface area (Å²) in [4.78, 5) is 8.61. The number of methoxy groups -OCH3 is 1. The van der Waals surface area contributed by atoms with E-state index in [1.165, 1.54) is 6.42 Å². The molecule has 0 saturated carbocycles. The molecule has 0 aromatic carbocycles. The normalized spacial score (nSPS) is 23.0. The Morgan fingerprint density at radius 2 is 2.47 bits per heavy atom. The van der Waals surface area contributed by atoms with Crippen molar-refractivity contribution < 1.29 is 4.74 Å². The first-order valence-corrected chi connectivity index (χ1v) is 7.37. The van der Waals surface area contributed by atoms with E-state index < -0.39 is 0 Å². The molecule has 102 valence electrons. The zero-order valence-corrected chi connectivity index (χ0v) is 11.8. The zero-order chi connectivity index (χ0) is 13.1. The first kappa shape index (κ1) is 12.8. The van der Waals surface area contributed by atoms with Gasteiger partial charge in [0.2, 0.25) is 0 Å². The van der Waals surface area contributed by atoms with Gasteiger partial charge in [-0.3, -0.25) is 0 Å². The second kappa shape index (κ2) is 5.40. The van der Waals surface area contributed by atoms with E-state index in [-0.39, 0.29) is 5.54 Å². The lowest BCUT2D eigenvalue weighted by Crippen LogP contribution is -2.49. The van der Waals surface area contributed by atoms with E-state index in [1.54, 1.807) is 24.8 Å². The predicted octanol–water partition coefficient (Wildman–Crippen LogP) is 1.87. The number of nitrogens with zero attached hydrogens (tertiary/aromatic N) is 2. The van der Waals surface area contributed by atoms with E-state index in [0.717, 1.165) is 42.2 Å². The van der Waals surface area contributed by atoms with E-state index in [9.17, 15) is 0 Å². The largest absolute Gasteiger partial charge is 0.383 e. The number of ether oxygens (including phenoxy) is 1. The molecule has 19 heavy (non-hydrogen) atoms. The van der Waals surface area contributed by atoms with E-state index >= 15 is 0 Å². The Morgan fingerprint density at radius 1 is 1.53 bits per heavy atom. The van der Waals surface area contributed by atoms with E-state index in [2.05, 4.69) is 20.6 Å². The molecular formula is C13H18N4OS. The zero-order valence-electron chi connectivity index (χ0n) is 11.0. The number of aromatic nitrogens is 2. The first-order valence-electron chi connectivity index (χ1n) is 6.49. The molecule has 1 atom stereocenters. The summed E-state index contributed by atoms with van der Waals surface area (Å²) in [6.07, 6.45) is 3.94. The van der Waals surface area contributed by atoms with Crippen molar-refractivity contribution in [3.63, 3.8) is 0 Å². The third-order valence-corrected chi connectivity index (χ3v) is 4.50. The highest BCUT2D eigenvalue weighted by Gasteiger charge is 2.33. The minimum absolute atomic E-state index is 0.0310. The molecular weight excluding hydrogens is 260 g/mol. The molecule has 3 rings (SSSR count). The lowest BCUT2D eigenvalue weighted by Gasteiger charge is -2.29. The summed E-state index contributed by atoms with van der Waals surface area (Å²) in [7, 11) is 1.75. The van der Waals surface area contributed by atoms with Gasteiger partial charge in [-0.05, 0) is 30.8 Å². The Labute approximate surface area is 116 Å². The fourth-order valence-corrected chi connectivity index (χ4v) is 3.45. The third kappa shape index (κ3) is 2.56. The number of hydrogen-bond donors (Lipinski definition) is 2. The monoisotopic (exact) mass is 278 g/mol. The molecule has 0 bridgehead atoms. The Bertz CT molecular complexity index is 550. The Kier molecular flexibility index (Phi) is 3.63. The number of fused-ring (bicyclic) bond motifs is 1. The lowest BCUT2D eigenvalue weighted by atomic mass is 9.99. The van der Waals surface area contributed by atoms with Gasteiger partial charge >= 0.3 is 0 Å². The second-order valence-corrected chi connectivity index (χ2v) is 5.87. The fraction of sp³-hybridized carbons (Fsp3) is 0.538. The van der Waals surface area contributed by atoms with Gasteiger partial charge in [-0.1, -0.05) is 0 Å². The Morgan fingerprint density at radius 3 is 3.26 bits per heavy atom. The smallest absolute Gasteiger partial charge is 0.147 e. The molecule has 5 nitrogen and oxygen atoms in total. The van der Waals surface area contributed by atoms with Gasteiger partial charge in [0.05, 0.1) is 22.4 Å². The van der Waals surface area contributed by atoms with Crippen molar-refractivity contribution in [2.24, 2.45) is 0 Å². The van der Waals surface area contributed by atoms with E-state index in [1.807, 2.05) is 11.4 Å². The van der Waals surface area contributed by atoms with Crippen LogP contribution in [0.4, 0.5) is 5.82 Å². The van der Waals surface area contributed by atoms with Crippen LogP contribution in [0.2, 0.25) is 0 Å². The quantitative estimate of drug-likeness (QED) is 0.874. The fourth-order valence-electron chi connectivity index (χ4n) is 2.64. The van der Waals surface area contributed by atoms with E-state index in [0.29, 0.717) is 0 Å². The van der Waals surface area contributed by atoms with Gasteiger partial charge in [-0.25, -0.2) is 9.97 Å². The summed E-state index contributed by atoms with van der Waals surface area (Å²) < 4.78 is 6.48. The maximum absolute atomic E-state index is 5.36. The molecule has 1 fully saturated rings. The molecule has 2 aromatic rings. The van der Waals surface area contributed by atoms with Gasteiger partial charge < -0.3 is 15.4 Å². The van der Waals surface area contributed by atoms with Crippen molar-refractivity contribution in [1.82, 2.24) is 15.3 Å². The van der Waals surface area contributed by atoms with Gasteiger partial charge in [0.1, 0.15) is 12.1 Å². The molecule has 1 saturated heterocycles. The number of thiophene rings is 1. The first-order chi connectivity index (χ1) is 9.33. The van der Waals surface area contributed by atoms with Crippen LogP contribution in [-0.2, 0) is 4.74 Å². The van der Waals surface area contributed by atoms with Crippen LogP contribution in [0.15, 0.2) is 17.8 Å². The highest BCUT2D eigenvalue weighted by atomic mass is 32.1. The maximum Gasteiger partial charge on any atom is 0.147 e. The Balaban J connectivity index is 1.76.